The number of carboxylic acid groups (broad SMARTS) is 1. The maximum absolute atomic E-state index is 11.1. The molecule has 36 heavy (non-hydrogen) atoms. The molecule has 1 atom stereocenters. The minimum Gasteiger partial charge on any atom is -1.00 e. The fraction of sp³-hybridized carbons (Fsp3) is 0.345. The monoisotopic (exact) mass is 518 g/mol. The van der Waals surface area contributed by atoms with Crippen LogP contribution in [0.2, 0.25) is 0 Å². The summed E-state index contributed by atoms with van der Waals surface area (Å²) in [5, 5.41) is 9.08. The summed E-state index contributed by atoms with van der Waals surface area (Å²) >= 11 is 0. The third-order valence-electron chi connectivity index (χ3n) is 6.11. The van der Waals surface area contributed by atoms with Crippen molar-refractivity contribution in [3.8, 4) is 28.4 Å². The number of carboxylic acids is 1. The summed E-state index contributed by atoms with van der Waals surface area (Å²) < 4.78 is 22.9. The van der Waals surface area contributed by atoms with Crippen LogP contribution in [0.15, 0.2) is 54.6 Å². The van der Waals surface area contributed by atoms with Crippen LogP contribution in [0.5, 0.6) is 17.2 Å². The standard InChI is InChI=1S/C29H32O6.Ca.2H/c1-4-32-10-11-33-25-12-19(2)29(20(3)13-25)22-7-5-6-21(14-22)17-34-24-8-9-26-23(15-28(30)31)18-35-27(26)16-24;;;/h5-9,12-14,16,23H,4,10-11,15,17-18H2,1-3H3,(H,30,31);;;/q;+2;2*-1. The van der Waals surface area contributed by atoms with E-state index in [1.807, 2.05) is 37.3 Å². The van der Waals surface area contributed by atoms with Crippen LogP contribution >= 0.6 is 0 Å². The SMILES string of the molecule is CCOCCOc1cc(C)c(-c2cccc(COc3ccc4c(c3)OCC4CC(=O)O)c2)c(C)c1.[Ca+2].[H-].[H-]. The van der Waals surface area contributed by atoms with Gasteiger partial charge in [0, 0.05) is 24.2 Å². The molecule has 188 valence electrons. The fourth-order valence-electron chi connectivity index (χ4n) is 4.54. The maximum Gasteiger partial charge on any atom is 2.00 e. The van der Waals surface area contributed by atoms with E-state index >= 15 is 0 Å². The number of hydrogen-bond donors (Lipinski definition) is 1. The Labute approximate surface area is 245 Å². The van der Waals surface area contributed by atoms with E-state index in [2.05, 4.69) is 38.1 Å². The summed E-state index contributed by atoms with van der Waals surface area (Å²) in [6.07, 6.45) is 0.0687. The quantitative estimate of drug-likeness (QED) is 0.257. The molecule has 1 heterocycles. The number of fused-ring (bicyclic) bond motifs is 1. The Morgan fingerprint density at radius 1 is 1.03 bits per heavy atom. The van der Waals surface area contributed by atoms with Crippen molar-refractivity contribution in [1.29, 1.82) is 0 Å². The van der Waals surface area contributed by atoms with Gasteiger partial charge in [-0.25, -0.2) is 0 Å². The molecular formula is C29H34CaO6. The summed E-state index contributed by atoms with van der Waals surface area (Å²) in [5.74, 6) is 1.33. The molecule has 7 heteroatoms. The second-order valence-electron chi connectivity index (χ2n) is 8.77. The molecular weight excluding hydrogens is 484 g/mol. The Kier molecular flexibility index (Phi) is 10.5. The molecule has 6 nitrogen and oxygen atoms in total. The van der Waals surface area contributed by atoms with Gasteiger partial charge in [0.15, 0.2) is 0 Å². The maximum atomic E-state index is 11.1. The van der Waals surface area contributed by atoms with Gasteiger partial charge >= 0.3 is 43.7 Å². The van der Waals surface area contributed by atoms with E-state index in [0.29, 0.717) is 44.5 Å². The van der Waals surface area contributed by atoms with Crippen LogP contribution < -0.4 is 14.2 Å². The molecule has 0 saturated heterocycles. The minimum absolute atomic E-state index is 0. The zero-order valence-electron chi connectivity index (χ0n) is 23.2. The minimum atomic E-state index is -0.819. The molecule has 0 amide bonds. The number of ether oxygens (including phenoxy) is 4. The second-order valence-corrected chi connectivity index (χ2v) is 8.77. The van der Waals surface area contributed by atoms with E-state index in [-0.39, 0.29) is 52.9 Å². The Bertz CT molecular complexity index is 1180. The second kappa shape index (κ2) is 13.3. The molecule has 1 aliphatic rings. The van der Waals surface area contributed by atoms with E-state index in [9.17, 15) is 4.79 Å². The van der Waals surface area contributed by atoms with Gasteiger partial charge in [-0.3, -0.25) is 4.79 Å². The number of aryl methyl sites for hydroxylation is 2. The van der Waals surface area contributed by atoms with E-state index in [4.69, 9.17) is 24.1 Å². The fourth-order valence-corrected chi connectivity index (χ4v) is 4.54. The Morgan fingerprint density at radius 2 is 1.81 bits per heavy atom. The first-order valence-corrected chi connectivity index (χ1v) is 12.0. The van der Waals surface area contributed by atoms with E-state index in [0.717, 1.165) is 33.6 Å². The number of rotatable bonds is 11. The van der Waals surface area contributed by atoms with Gasteiger partial charge < -0.3 is 26.9 Å². The Hall–Kier alpha value is -2.25. The first kappa shape index (κ1) is 28.3. The van der Waals surface area contributed by atoms with Gasteiger partial charge in [0.05, 0.1) is 19.6 Å². The smallest absolute Gasteiger partial charge is 1.00 e. The third-order valence-corrected chi connectivity index (χ3v) is 6.11. The van der Waals surface area contributed by atoms with Crippen molar-refractivity contribution in [3.63, 3.8) is 0 Å². The molecule has 1 aliphatic heterocycles. The molecule has 0 fully saturated rings. The zero-order chi connectivity index (χ0) is 24.8. The predicted octanol–water partition coefficient (Wildman–Crippen LogP) is 5.76. The molecule has 3 aromatic carbocycles. The Morgan fingerprint density at radius 3 is 2.53 bits per heavy atom. The first-order valence-electron chi connectivity index (χ1n) is 12.0. The van der Waals surface area contributed by atoms with Crippen LogP contribution in [0.25, 0.3) is 11.1 Å². The summed E-state index contributed by atoms with van der Waals surface area (Å²) in [4.78, 5) is 11.1. The summed E-state index contributed by atoms with van der Waals surface area (Å²) in [6, 6.07) is 18.1. The van der Waals surface area contributed by atoms with Gasteiger partial charge in [-0.1, -0.05) is 24.3 Å². The van der Waals surface area contributed by atoms with Crippen LogP contribution in [-0.4, -0.2) is 75.2 Å². The zero-order valence-corrected chi connectivity index (χ0v) is 23.4. The average Bonchev–Trinajstić information content (AvgIpc) is 3.22. The normalized spacial score (nSPS) is 13.9. The molecule has 1 unspecified atom stereocenters. The van der Waals surface area contributed by atoms with Crippen molar-refractivity contribution >= 4 is 43.7 Å². The van der Waals surface area contributed by atoms with Crippen LogP contribution in [0.3, 0.4) is 0 Å². The van der Waals surface area contributed by atoms with Crippen molar-refractivity contribution in [2.24, 2.45) is 0 Å². The molecule has 0 aliphatic carbocycles. The van der Waals surface area contributed by atoms with Gasteiger partial charge in [-0.05, 0) is 72.9 Å². The van der Waals surface area contributed by atoms with E-state index in [1.165, 1.54) is 5.56 Å². The van der Waals surface area contributed by atoms with Gasteiger partial charge in [-0.2, -0.15) is 0 Å². The molecule has 3 aromatic rings. The molecule has 1 N–H and O–H groups in total. The summed E-state index contributed by atoms with van der Waals surface area (Å²) in [6.45, 7) is 8.79. The van der Waals surface area contributed by atoms with E-state index < -0.39 is 5.97 Å². The number of carbonyl (C=O) groups is 1. The topological polar surface area (TPSA) is 74.2 Å². The molecule has 0 aromatic heterocycles. The predicted molar refractivity (Wildman–Crippen MR) is 143 cm³/mol. The Balaban J connectivity index is 0.00000241. The number of benzene rings is 3. The molecule has 0 saturated carbocycles. The molecule has 4 rings (SSSR count). The third kappa shape index (κ3) is 7.16. The van der Waals surface area contributed by atoms with Gasteiger partial charge in [-0.15, -0.1) is 0 Å². The first-order chi connectivity index (χ1) is 16.9. The molecule has 0 bridgehead atoms. The van der Waals surface area contributed by atoms with Crippen molar-refractivity contribution in [2.45, 2.75) is 39.7 Å². The van der Waals surface area contributed by atoms with Crippen molar-refractivity contribution < 1.29 is 31.7 Å². The molecule has 0 spiro atoms. The average molecular weight is 519 g/mol. The van der Waals surface area contributed by atoms with Crippen LogP contribution in [0.4, 0.5) is 0 Å². The van der Waals surface area contributed by atoms with Gasteiger partial charge in [0.2, 0.25) is 0 Å². The van der Waals surface area contributed by atoms with Crippen LogP contribution in [-0.2, 0) is 16.1 Å². The number of aliphatic carboxylic acids is 1. The molecule has 0 radical (unpaired) electrons. The summed E-state index contributed by atoms with van der Waals surface area (Å²) in [5.41, 5.74) is 6.62. The van der Waals surface area contributed by atoms with Crippen LogP contribution in [0, 0.1) is 13.8 Å². The van der Waals surface area contributed by atoms with Crippen molar-refractivity contribution in [1.82, 2.24) is 0 Å². The van der Waals surface area contributed by atoms with Crippen molar-refractivity contribution in [3.05, 3.63) is 76.9 Å². The largest absolute Gasteiger partial charge is 2.00 e. The van der Waals surface area contributed by atoms with Gasteiger partial charge in [0.1, 0.15) is 30.5 Å². The van der Waals surface area contributed by atoms with Crippen molar-refractivity contribution in [2.75, 3.05) is 26.4 Å². The van der Waals surface area contributed by atoms with Gasteiger partial charge in [0.25, 0.3) is 0 Å². The summed E-state index contributed by atoms with van der Waals surface area (Å²) in [7, 11) is 0. The number of hydrogen-bond acceptors (Lipinski definition) is 5. The van der Waals surface area contributed by atoms with Crippen LogP contribution in [0.1, 0.15) is 44.4 Å². The van der Waals surface area contributed by atoms with E-state index in [1.54, 1.807) is 0 Å².